The van der Waals surface area contributed by atoms with Crippen LogP contribution in [0.3, 0.4) is 0 Å². The van der Waals surface area contributed by atoms with Crippen LogP contribution in [0.25, 0.3) is 0 Å². The van der Waals surface area contributed by atoms with Crippen molar-refractivity contribution in [3.8, 4) is 0 Å². The Morgan fingerprint density at radius 3 is 1.61 bits per heavy atom. The summed E-state index contributed by atoms with van der Waals surface area (Å²) in [7, 11) is 0. The first kappa shape index (κ1) is 26.3. The van der Waals surface area contributed by atoms with Gasteiger partial charge in [0.1, 0.15) is 0 Å². The predicted molar refractivity (Wildman–Crippen MR) is 107 cm³/mol. The summed E-state index contributed by atoms with van der Waals surface area (Å²) in [5.41, 5.74) is 0. The minimum Gasteiger partial charge on any atom is -0.343 e. The topological polar surface area (TPSA) is 12.9 Å². The normalized spacial score (nSPS) is 10.7. The van der Waals surface area contributed by atoms with Crippen LogP contribution in [0.5, 0.6) is 0 Å². The van der Waals surface area contributed by atoms with E-state index in [0.29, 0.717) is 0 Å². The van der Waals surface area contributed by atoms with Crippen LogP contribution >= 0.6 is 11.3 Å². The van der Waals surface area contributed by atoms with Crippen molar-refractivity contribution in [3.63, 3.8) is 0 Å². The smallest absolute Gasteiger partial charge is 0.343 e. The van der Waals surface area contributed by atoms with E-state index < -0.39 is 18.4 Å². The second-order valence-electron chi connectivity index (χ2n) is 6.28. The standard InChI is InChI=1S/4C4H9.C3H2NS.Li.Sn/c4*1-3-4-2;1-2-5-3-4-1;;/h4*1,3-4H2,2H3;1-2H;;/q;;;-1;;+1;. The third kappa shape index (κ3) is 11.3. The van der Waals surface area contributed by atoms with Crippen LogP contribution in [-0.4, -0.2) is 23.4 Å². The van der Waals surface area contributed by atoms with E-state index in [9.17, 15) is 0 Å². The fourth-order valence-electron chi connectivity index (χ4n) is 2.73. The van der Waals surface area contributed by atoms with Crippen LogP contribution < -0.4 is 21.9 Å². The minimum atomic E-state index is -2.12. The molecule has 4 heteroatoms. The molecule has 1 heterocycles. The summed E-state index contributed by atoms with van der Waals surface area (Å²) in [5, 5.41) is 2.20. The first-order valence-corrected chi connectivity index (χ1v) is 17.8. The van der Waals surface area contributed by atoms with E-state index in [4.69, 9.17) is 4.98 Å². The van der Waals surface area contributed by atoms with Gasteiger partial charge in [-0.3, -0.25) is 0 Å². The number of nitrogens with zero attached hydrogens (tertiary/aromatic N) is 1. The van der Waals surface area contributed by atoms with Crippen LogP contribution in [0.2, 0.25) is 13.3 Å². The summed E-state index contributed by atoms with van der Waals surface area (Å²) in [5.74, 6) is 0. The molecule has 0 aromatic carbocycles. The molecule has 0 saturated carbocycles. The van der Waals surface area contributed by atoms with Crippen molar-refractivity contribution < 1.29 is 18.9 Å². The molecule has 1 rings (SSSR count). The fourth-order valence-corrected chi connectivity index (χ4v) is 21.9. The number of hydrogen-bond donors (Lipinski definition) is 0. The maximum absolute atomic E-state index is 4.76. The van der Waals surface area contributed by atoms with Crippen LogP contribution in [0, 0.1) is 6.92 Å². The molecule has 23 heavy (non-hydrogen) atoms. The molecule has 0 aliphatic heterocycles. The molecular weight excluding hydrogens is 400 g/mol. The molecule has 130 valence electrons. The van der Waals surface area contributed by atoms with Crippen molar-refractivity contribution in [3.05, 3.63) is 18.5 Å². The number of hydrogen-bond acceptors (Lipinski definition) is 2. The van der Waals surface area contributed by atoms with Crippen molar-refractivity contribution in [1.82, 2.24) is 4.98 Å². The summed E-state index contributed by atoms with van der Waals surface area (Å²) in [6, 6.07) is 0. The predicted octanol–water partition coefficient (Wildman–Crippen LogP) is 3.82. The van der Waals surface area contributed by atoms with E-state index in [1.807, 2.05) is 17.5 Å². The summed E-state index contributed by atoms with van der Waals surface area (Å²) in [4.78, 5) is 4.76. The molecule has 0 aliphatic rings. The first-order valence-electron chi connectivity index (χ1n) is 9.39. The molecule has 1 aromatic rings. The van der Waals surface area contributed by atoms with Crippen molar-refractivity contribution in [2.45, 2.75) is 92.4 Å². The van der Waals surface area contributed by atoms with E-state index in [1.165, 1.54) is 44.9 Å². The number of thiazole rings is 1. The van der Waals surface area contributed by atoms with Gasteiger partial charge in [-0.25, -0.2) is 0 Å². The maximum atomic E-state index is 4.76. The maximum Gasteiger partial charge on any atom is 1.00 e. The van der Waals surface area contributed by atoms with Gasteiger partial charge in [-0.05, 0) is 0 Å². The van der Waals surface area contributed by atoms with Crippen LogP contribution in [-0.2, 0) is 0 Å². The van der Waals surface area contributed by atoms with E-state index in [2.05, 4.69) is 40.0 Å². The average Bonchev–Trinajstić information content (AvgIpc) is 3.10. The van der Waals surface area contributed by atoms with Crippen molar-refractivity contribution in [2.75, 3.05) is 0 Å². The van der Waals surface area contributed by atoms with Gasteiger partial charge in [0.25, 0.3) is 0 Å². The fraction of sp³-hybridized carbons (Fsp3) is 0.789. The van der Waals surface area contributed by atoms with Gasteiger partial charge < -0.3 is 6.92 Å². The quantitative estimate of drug-likeness (QED) is 0.378. The third-order valence-electron chi connectivity index (χ3n) is 4.27. The summed E-state index contributed by atoms with van der Waals surface area (Å²) in [6.07, 6.45) is 12.7. The Bertz CT molecular complexity index is 306. The molecule has 0 bridgehead atoms. The summed E-state index contributed by atoms with van der Waals surface area (Å²) in [6.45, 7) is 12.7. The number of aromatic nitrogens is 1. The van der Waals surface area contributed by atoms with Gasteiger partial charge in [0.05, 0.1) is 0 Å². The largest absolute Gasteiger partial charge is 1.00 e. The van der Waals surface area contributed by atoms with Crippen LogP contribution in [0.15, 0.2) is 11.6 Å². The van der Waals surface area contributed by atoms with Gasteiger partial charge >= 0.3 is 141 Å². The Kier molecular flexibility index (Phi) is 20.4. The Balaban J connectivity index is 0. The van der Waals surface area contributed by atoms with Gasteiger partial charge in [-0.15, -0.1) is 0 Å². The molecule has 0 saturated heterocycles. The van der Waals surface area contributed by atoms with Gasteiger partial charge in [-0.2, -0.15) is 6.42 Å². The molecule has 0 radical (unpaired) electrons. The molecule has 1 nitrogen and oxygen atoms in total. The van der Waals surface area contributed by atoms with Crippen molar-refractivity contribution in [2.24, 2.45) is 0 Å². The third-order valence-corrected chi connectivity index (χ3v) is 22.9. The SMILES string of the molecule is CCC[CH2][Sn]([CH2]CCC)([CH2]CCC)[c]1nccs1.[CH2-]CCC.[Li+]. The molecule has 0 N–H and O–H groups in total. The van der Waals surface area contributed by atoms with Gasteiger partial charge in [0.15, 0.2) is 0 Å². The number of unbranched alkanes of at least 4 members (excludes halogenated alkanes) is 4. The van der Waals surface area contributed by atoms with Crippen LogP contribution in [0.1, 0.15) is 79.1 Å². The summed E-state index contributed by atoms with van der Waals surface area (Å²) < 4.78 is 6.23. The number of rotatable bonds is 11. The monoisotopic (exact) mass is 439 g/mol. The molecule has 0 fully saturated rings. The van der Waals surface area contributed by atoms with Crippen molar-refractivity contribution in [1.29, 1.82) is 0 Å². The molecule has 0 atom stereocenters. The zero-order valence-corrected chi connectivity index (χ0v) is 20.2. The van der Waals surface area contributed by atoms with E-state index in [1.54, 1.807) is 16.3 Å². The van der Waals surface area contributed by atoms with E-state index >= 15 is 0 Å². The van der Waals surface area contributed by atoms with Gasteiger partial charge in [0.2, 0.25) is 0 Å². The van der Waals surface area contributed by atoms with Crippen LogP contribution in [0.4, 0.5) is 0 Å². The Hall–Kier alpha value is 1.03. The van der Waals surface area contributed by atoms with E-state index in [-0.39, 0.29) is 18.9 Å². The Morgan fingerprint density at radius 2 is 1.35 bits per heavy atom. The zero-order valence-electron chi connectivity index (χ0n) is 16.5. The second kappa shape index (κ2) is 17.8. The molecule has 1 aromatic heterocycles. The molecular formula is C19H38LiNSSn. The van der Waals surface area contributed by atoms with E-state index in [0.717, 1.165) is 6.42 Å². The Morgan fingerprint density at radius 1 is 0.913 bits per heavy atom. The molecule has 0 spiro atoms. The Labute approximate surface area is 166 Å². The zero-order chi connectivity index (χ0) is 16.7. The average molecular weight is 438 g/mol. The van der Waals surface area contributed by atoms with Crippen molar-refractivity contribution >= 4 is 32.7 Å². The van der Waals surface area contributed by atoms with Gasteiger partial charge in [0, 0.05) is 0 Å². The van der Waals surface area contributed by atoms with Gasteiger partial charge in [-0.1, -0.05) is 13.3 Å². The second-order valence-corrected chi connectivity index (χ2v) is 21.2. The first-order chi connectivity index (χ1) is 10.7. The molecule has 0 unspecified atom stereocenters. The molecule has 0 amide bonds. The molecule has 0 aliphatic carbocycles. The minimum absolute atomic E-state index is 0. The summed E-state index contributed by atoms with van der Waals surface area (Å²) >= 11 is -0.161.